The van der Waals surface area contributed by atoms with Crippen molar-refractivity contribution >= 4 is 33.2 Å². The van der Waals surface area contributed by atoms with Crippen molar-refractivity contribution in [3.8, 4) is 0 Å². The number of likely N-dealkylation sites (N-methyl/N-ethyl adjacent to an activating group) is 1. The van der Waals surface area contributed by atoms with Gasteiger partial charge in [-0.3, -0.25) is 4.90 Å². The van der Waals surface area contributed by atoms with Crippen LogP contribution in [0.3, 0.4) is 0 Å². The highest BCUT2D eigenvalue weighted by Gasteiger charge is 2.36. The molecule has 1 N–H and O–H groups in total. The molecule has 3 rings (SSSR count). The summed E-state index contributed by atoms with van der Waals surface area (Å²) in [5, 5.41) is 0.291. The highest BCUT2D eigenvalue weighted by atomic mass is 35.5. The van der Waals surface area contributed by atoms with E-state index in [1.165, 1.54) is 10.4 Å². The highest BCUT2D eigenvalue weighted by Crippen LogP contribution is 2.33. The number of aromatic nitrogens is 2. The first-order valence-corrected chi connectivity index (χ1v) is 9.82. The molecule has 1 aliphatic rings. The number of aromatic amines is 1. The first-order chi connectivity index (χ1) is 11.4. The van der Waals surface area contributed by atoms with Gasteiger partial charge >= 0.3 is 0 Å². The zero-order chi connectivity index (χ0) is 17.3. The Morgan fingerprint density at radius 3 is 2.79 bits per heavy atom. The van der Waals surface area contributed by atoms with Gasteiger partial charge in [-0.05, 0) is 18.7 Å². The maximum Gasteiger partial charge on any atom is 0.244 e. The van der Waals surface area contributed by atoms with Gasteiger partial charge in [0.25, 0.3) is 0 Å². The number of rotatable bonds is 4. The van der Waals surface area contributed by atoms with E-state index >= 15 is 0 Å². The molecule has 2 heterocycles. The van der Waals surface area contributed by atoms with E-state index in [9.17, 15) is 8.42 Å². The summed E-state index contributed by atoms with van der Waals surface area (Å²) in [6.45, 7) is 4.20. The number of sulfonamides is 1. The smallest absolute Gasteiger partial charge is 0.244 e. The number of nitrogens with zero attached hydrogens (tertiary/aromatic N) is 3. The molecule has 24 heavy (non-hydrogen) atoms. The van der Waals surface area contributed by atoms with E-state index in [-0.39, 0.29) is 21.0 Å². The van der Waals surface area contributed by atoms with Gasteiger partial charge in [-0.25, -0.2) is 13.4 Å². The van der Waals surface area contributed by atoms with Crippen LogP contribution in [0.4, 0.5) is 0 Å². The van der Waals surface area contributed by atoms with E-state index in [1.54, 1.807) is 24.5 Å². The highest BCUT2D eigenvalue weighted by molar-refractivity contribution is 7.89. The third kappa shape index (κ3) is 3.19. The Bertz CT molecular complexity index is 811. The van der Waals surface area contributed by atoms with Gasteiger partial charge in [0.2, 0.25) is 10.0 Å². The lowest BCUT2D eigenvalue weighted by atomic mass is 10.2. The van der Waals surface area contributed by atoms with E-state index in [2.05, 4.69) is 14.9 Å². The Morgan fingerprint density at radius 2 is 2.12 bits per heavy atom. The zero-order valence-corrected chi connectivity index (χ0v) is 15.4. The molecule has 0 aliphatic carbocycles. The standard InChI is InChI=1S/C15H18Cl2N4O2S/c1-2-20-8-9-21(10-12(20)15-18-6-7-19-15)24(22,23)13-5-3-4-11(16)14(13)17/h3-7,12H,2,8-10H2,1H3,(H,18,19)/t12-/m1/s1. The first-order valence-electron chi connectivity index (χ1n) is 7.62. The Labute approximate surface area is 151 Å². The second-order valence-corrected chi connectivity index (χ2v) is 8.23. The average Bonchev–Trinajstić information content (AvgIpc) is 3.11. The van der Waals surface area contributed by atoms with Crippen LogP contribution < -0.4 is 0 Å². The number of nitrogens with one attached hydrogen (secondary N) is 1. The van der Waals surface area contributed by atoms with Crippen LogP contribution in [-0.4, -0.2) is 53.8 Å². The molecule has 1 atom stereocenters. The summed E-state index contributed by atoms with van der Waals surface area (Å²) in [7, 11) is -3.72. The molecule has 1 fully saturated rings. The minimum atomic E-state index is -3.72. The number of imidazole rings is 1. The van der Waals surface area contributed by atoms with Gasteiger partial charge in [-0.15, -0.1) is 0 Å². The Morgan fingerprint density at radius 1 is 1.33 bits per heavy atom. The lowest BCUT2D eigenvalue weighted by Gasteiger charge is -2.39. The lowest BCUT2D eigenvalue weighted by Crippen LogP contribution is -2.50. The molecule has 6 nitrogen and oxygen atoms in total. The molecule has 130 valence electrons. The number of halogens is 2. The number of benzene rings is 1. The largest absolute Gasteiger partial charge is 0.347 e. The number of hydrogen-bond donors (Lipinski definition) is 1. The molecule has 0 bridgehead atoms. The van der Waals surface area contributed by atoms with Crippen LogP contribution in [0, 0.1) is 0 Å². The molecule has 0 radical (unpaired) electrons. The quantitative estimate of drug-likeness (QED) is 0.873. The summed E-state index contributed by atoms with van der Waals surface area (Å²) in [5.41, 5.74) is 0. The molecule has 1 aromatic heterocycles. The summed E-state index contributed by atoms with van der Waals surface area (Å²) in [6, 6.07) is 4.53. The monoisotopic (exact) mass is 388 g/mol. The van der Waals surface area contributed by atoms with E-state index in [1.807, 2.05) is 6.92 Å². The predicted octanol–water partition coefficient (Wildman–Crippen LogP) is 2.78. The van der Waals surface area contributed by atoms with Crippen molar-refractivity contribution in [2.75, 3.05) is 26.2 Å². The van der Waals surface area contributed by atoms with Crippen LogP contribution in [-0.2, 0) is 10.0 Å². The molecule has 0 spiro atoms. The van der Waals surface area contributed by atoms with Crippen molar-refractivity contribution in [2.45, 2.75) is 17.9 Å². The predicted molar refractivity (Wildman–Crippen MR) is 93.8 cm³/mol. The van der Waals surface area contributed by atoms with Gasteiger partial charge < -0.3 is 4.98 Å². The number of piperazine rings is 1. The summed E-state index contributed by atoms with van der Waals surface area (Å²) in [4.78, 5) is 9.62. The normalized spacial score (nSPS) is 20.4. The summed E-state index contributed by atoms with van der Waals surface area (Å²) in [5.74, 6) is 0.758. The minimum Gasteiger partial charge on any atom is -0.347 e. The Hall–Kier alpha value is -1.12. The molecule has 0 saturated carbocycles. The molecule has 0 unspecified atom stereocenters. The van der Waals surface area contributed by atoms with Crippen molar-refractivity contribution in [1.29, 1.82) is 0 Å². The molecular weight excluding hydrogens is 371 g/mol. The van der Waals surface area contributed by atoms with E-state index in [0.29, 0.717) is 19.6 Å². The van der Waals surface area contributed by atoms with Crippen LogP contribution >= 0.6 is 23.2 Å². The summed E-state index contributed by atoms with van der Waals surface area (Å²) >= 11 is 12.1. The Balaban J connectivity index is 1.93. The number of hydrogen-bond acceptors (Lipinski definition) is 4. The van der Waals surface area contributed by atoms with Crippen molar-refractivity contribution in [1.82, 2.24) is 19.2 Å². The third-order valence-electron chi connectivity index (χ3n) is 4.23. The first kappa shape index (κ1) is 17.7. The fraction of sp³-hybridized carbons (Fsp3) is 0.400. The van der Waals surface area contributed by atoms with Gasteiger partial charge in [0, 0.05) is 32.0 Å². The molecular formula is C15H18Cl2N4O2S. The van der Waals surface area contributed by atoms with Crippen molar-refractivity contribution in [3.63, 3.8) is 0 Å². The summed E-state index contributed by atoms with van der Waals surface area (Å²) < 4.78 is 27.5. The van der Waals surface area contributed by atoms with Crippen LogP contribution in [0.2, 0.25) is 10.0 Å². The maximum absolute atomic E-state index is 13.0. The second kappa shape index (κ2) is 7.01. The fourth-order valence-electron chi connectivity index (χ4n) is 2.93. The molecule has 9 heteroatoms. The van der Waals surface area contributed by atoms with Crippen LogP contribution in [0.5, 0.6) is 0 Å². The third-order valence-corrected chi connectivity index (χ3v) is 7.07. The van der Waals surface area contributed by atoms with Crippen molar-refractivity contribution in [2.24, 2.45) is 0 Å². The minimum absolute atomic E-state index is 0.0415. The summed E-state index contributed by atoms with van der Waals surface area (Å²) in [6.07, 6.45) is 3.41. The lowest BCUT2D eigenvalue weighted by molar-refractivity contribution is 0.119. The van der Waals surface area contributed by atoms with E-state index in [4.69, 9.17) is 23.2 Å². The molecule has 1 aromatic carbocycles. The van der Waals surface area contributed by atoms with Gasteiger partial charge in [-0.2, -0.15) is 4.31 Å². The SMILES string of the molecule is CCN1CCN(S(=O)(=O)c2cccc(Cl)c2Cl)C[C@@H]1c1ncc[nH]1. The second-order valence-electron chi connectivity index (χ2n) is 5.53. The topological polar surface area (TPSA) is 69.3 Å². The van der Waals surface area contributed by atoms with Gasteiger partial charge in [0.15, 0.2) is 0 Å². The van der Waals surface area contributed by atoms with Gasteiger partial charge in [0.1, 0.15) is 10.7 Å². The Kier molecular flexibility index (Phi) is 5.17. The fourth-order valence-corrected chi connectivity index (χ4v) is 5.11. The van der Waals surface area contributed by atoms with Crippen molar-refractivity contribution < 1.29 is 8.42 Å². The van der Waals surface area contributed by atoms with E-state index < -0.39 is 10.0 Å². The molecule has 2 aromatic rings. The van der Waals surface area contributed by atoms with Crippen LogP contribution in [0.15, 0.2) is 35.5 Å². The van der Waals surface area contributed by atoms with Crippen molar-refractivity contribution in [3.05, 3.63) is 46.5 Å². The van der Waals surface area contributed by atoms with E-state index in [0.717, 1.165) is 12.4 Å². The van der Waals surface area contributed by atoms with Gasteiger partial charge in [-0.1, -0.05) is 36.2 Å². The molecule has 1 aliphatic heterocycles. The maximum atomic E-state index is 13.0. The molecule has 0 amide bonds. The van der Waals surface area contributed by atoms with Crippen LogP contribution in [0.25, 0.3) is 0 Å². The average molecular weight is 389 g/mol. The zero-order valence-electron chi connectivity index (χ0n) is 13.1. The number of H-pyrrole nitrogens is 1. The van der Waals surface area contributed by atoms with Gasteiger partial charge in [0.05, 0.1) is 16.1 Å². The van der Waals surface area contributed by atoms with Crippen LogP contribution in [0.1, 0.15) is 18.8 Å². The molecule has 1 saturated heterocycles.